The molecule has 0 amide bonds. The van der Waals surface area contributed by atoms with Crippen molar-refractivity contribution in [2.45, 2.75) is 51.6 Å². The molecule has 2 unspecified atom stereocenters. The fraction of sp³-hybridized carbons (Fsp3) is 0.647. The summed E-state index contributed by atoms with van der Waals surface area (Å²) < 4.78 is 10.6. The second-order valence-electron chi connectivity index (χ2n) is 5.92. The summed E-state index contributed by atoms with van der Waals surface area (Å²) >= 11 is 6.26. The highest BCUT2D eigenvalue weighted by atomic mass is 35.5. The predicted molar refractivity (Wildman–Crippen MR) is 87.4 cm³/mol. The first kappa shape index (κ1) is 16.4. The third-order valence-electron chi connectivity index (χ3n) is 4.42. The average molecular weight is 312 g/mol. The highest BCUT2D eigenvalue weighted by molar-refractivity contribution is 6.32. The fourth-order valence-electron chi connectivity index (χ4n) is 3.12. The number of ether oxygens (including phenoxy) is 2. The summed E-state index contributed by atoms with van der Waals surface area (Å²) in [5.74, 6) is 2.03. The lowest BCUT2D eigenvalue weighted by molar-refractivity contribution is 0.349. The average Bonchev–Trinajstić information content (AvgIpc) is 2.69. The summed E-state index contributed by atoms with van der Waals surface area (Å²) in [7, 11) is 3.24. The van der Waals surface area contributed by atoms with Gasteiger partial charge in [-0.25, -0.2) is 0 Å². The molecular formula is C17H26ClNO2. The molecular weight excluding hydrogens is 286 g/mol. The van der Waals surface area contributed by atoms with E-state index in [1.807, 2.05) is 12.1 Å². The van der Waals surface area contributed by atoms with Gasteiger partial charge in [-0.15, -0.1) is 0 Å². The Bertz CT molecular complexity index is 464. The Kier molecular flexibility index (Phi) is 6.19. The molecule has 1 aromatic carbocycles. The molecule has 1 aliphatic rings. The zero-order valence-corrected chi connectivity index (χ0v) is 14.0. The topological polar surface area (TPSA) is 30.5 Å². The van der Waals surface area contributed by atoms with E-state index < -0.39 is 0 Å². The standard InChI is InChI=1S/C17H26ClNO2/c1-12-7-5-4-6-8-15(12)19-11-13-9-14(18)17(21-3)16(10-13)20-2/h9-10,12,15,19H,4-8,11H2,1-3H3. The van der Waals surface area contributed by atoms with Crippen LogP contribution in [0.5, 0.6) is 11.5 Å². The maximum atomic E-state index is 6.26. The van der Waals surface area contributed by atoms with Gasteiger partial charge < -0.3 is 14.8 Å². The van der Waals surface area contributed by atoms with Gasteiger partial charge in [0.1, 0.15) is 0 Å². The molecule has 21 heavy (non-hydrogen) atoms. The number of nitrogens with one attached hydrogen (secondary N) is 1. The molecule has 0 heterocycles. The molecule has 2 rings (SSSR count). The van der Waals surface area contributed by atoms with Gasteiger partial charge in [0.05, 0.1) is 19.2 Å². The highest BCUT2D eigenvalue weighted by Crippen LogP contribution is 2.36. The molecule has 0 spiro atoms. The van der Waals surface area contributed by atoms with Crippen LogP contribution in [0.2, 0.25) is 5.02 Å². The Labute approximate surface area is 133 Å². The lowest BCUT2D eigenvalue weighted by Crippen LogP contribution is -2.33. The zero-order chi connectivity index (χ0) is 15.2. The Morgan fingerprint density at radius 3 is 2.62 bits per heavy atom. The van der Waals surface area contributed by atoms with Crippen LogP contribution in [0.15, 0.2) is 12.1 Å². The van der Waals surface area contributed by atoms with Gasteiger partial charge >= 0.3 is 0 Å². The molecule has 0 saturated heterocycles. The van der Waals surface area contributed by atoms with Crippen LogP contribution < -0.4 is 14.8 Å². The number of hydrogen-bond acceptors (Lipinski definition) is 3. The minimum Gasteiger partial charge on any atom is -0.493 e. The Balaban J connectivity index is 2.04. The van der Waals surface area contributed by atoms with Crippen LogP contribution in [0.25, 0.3) is 0 Å². The molecule has 2 atom stereocenters. The van der Waals surface area contributed by atoms with E-state index in [1.54, 1.807) is 14.2 Å². The van der Waals surface area contributed by atoms with Gasteiger partial charge in [0, 0.05) is 12.6 Å². The smallest absolute Gasteiger partial charge is 0.179 e. The molecule has 1 aliphatic carbocycles. The largest absolute Gasteiger partial charge is 0.493 e. The van der Waals surface area contributed by atoms with E-state index in [1.165, 1.54) is 32.1 Å². The molecule has 1 fully saturated rings. The van der Waals surface area contributed by atoms with E-state index in [2.05, 4.69) is 12.2 Å². The number of rotatable bonds is 5. The number of methoxy groups -OCH3 is 2. The fourth-order valence-corrected chi connectivity index (χ4v) is 3.43. The lowest BCUT2D eigenvalue weighted by atomic mass is 9.97. The van der Waals surface area contributed by atoms with Crippen LogP contribution in [-0.2, 0) is 6.54 Å². The van der Waals surface area contributed by atoms with E-state index in [-0.39, 0.29) is 0 Å². The van der Waals surface area contributed by atoms with Crippen molar-refractivity contribution in [3.05, 3.63) is 22.7 Å². The normalized spacial score (nSPS) is 22.7. The second-order valence-corrected chi connectivity index (χ2v) is 6.32. The SMILES string of the molecule is COc1cc(CNC2CCCCCC2C)cc(Cl)c1OC. The van der Waals surface area contributed by atoms with Gasteiger partial charge in [0.2, 0.25) is 0 Å². The van der Waals surface area contributed by atoms with Crippen molar-refractivity contribution < 1.29 is 9.47 Å². The van der Waals surface area contributed by atoms with E-state index >= 15 is 0 Å². The quantitative estimate of drug-likeness (QED) is 0.817. The van der Waals surface area contributed by atoms with Gasteiger partial charge in [-0.05, 0) is 36.5 Å². The summed E-state index contributed by atoms with van der Waals surface area (Å²) in [6, 6.07) is 4.55. The van der Waals surface area contributed by atoms with Crippen molar-refractivity contribution in [3.63, 3.8) is 0 Å². The van der Waals surface area contributed by atoms with E-state index in [4.69, 9.17) is 21.1 Å². The third-order valence-corrected chi connectivity index (χ3v) is 4.70. The van der Waals surface area contributed by atoms with E-state index in [0.29, 0.717) is 22.6 Å². The van der Waals surface area contributed by atoms with E-state index in [0.717, 1.165) is 18.0 Å². The first-order valence-electron chi connectivity index (χ1n) is 7.79. The van der Waals surface area contributed by atoms with Gasteiger partial charge in [0.15, 0.2) is 11.5 Å². The maximum absolute atomic E-state index is 6.26. The Morgan fingerprint density at radius 2 is 1.90 bits per heavy atom. The van der Waals surface area contributed by atoms with Gasteiger partial charge in [-0.1, -0.05) is 37.8 Å². The first-order valence-corrected chi connectivity index (χ1v) is 8.17. The van der Waals surface area contributed by atoms with Crippen LogP contribution in [0.4, 0.5) is 0 Å². The highest BCUT2D eigenvalue weighted by Gasteiger charge is 2.19. The minimum absolute atomic E-state index is 0.597. The summed E-state index contributed by atoms with van der Waals surface area (Å²) in [5, 5.41) is 4.29. The molecule has 4 heteroatoms. The number of benzene rings is 1. The number of halogens is 1. The molecule has 0 bridgehead atoms. The molecule has 1 aromatic rings. The van der Waals surface area contributed by atoms with Crippen molar-refractivity contribution in [2.24, 2.45) is 5.92 Å². The Morgan fingerprint density at radius 1 is 1.14 bits per heavy atom. The van der Waals surface area contributed by atoms with Gasteiger partial charge in [-0.3, -0.25) is 0 Å². The molecule has 0 radical (unpaired) electrons. The van der Waals surface area contributed by atoms with Crippen molar-refractivity contribution in [1.29, 1.82) is 0 Å². The van der Waals surface area contributed by atoms with Crippen LogP contribution in [-0.4, -0.2) is 20.3 Å². The summed E-state index contributed by atoms with van der Waals surface area (Å²) in [4.78, 5) is 0. The minimum atomic E-state index is 0.597. The van der Waals surface area contributed by atoms with Gasteiger partial charge in [0.25, 0.3) is 0 Å². The van der Waals surface area contributed by atoms with Gasteiger partial charge in [-0.2, -0.15) is 0 Å². The van der Waals surface area contributed by atoms with Crippen LogP contribution in [0.1, 0.15) is 44.6 Å². The van der Waals surface area contributed by atoms with Crippen LogP contribution in [0, 0.1) is 5.92 Å². The first-order chi connectivity index (χ1) is 10.2. The molecule has 1 N–H and O–H groups in total. The maximum Gasteiger partial charge on any atom is 0.179 e. The third kappa shape index (κ3) is 4.27. The summed E-state index contributed by atoms with van der Waals surface area (Å²) in [6.45, 7) is 3.17. The molecule has 1 saturated carbocycles. The number of hydrogen-bond donors (Lipinski definition) is 1. The van der Waals surface area contributed by atoms with Crippen LogP contribution in [0.3, 0.4) is 0 Å². The zero-order valence-electron chi connectivity index (χ0n) is 13.2. The van der Waals surface area contributed by atoms with Crippen molar-refractivity contribution in [2.75, 3.05) is 14.2 Å². The second kappa shape index (κ2) is 7.90. The molecule has 0 aromatic heterocycles. The molecule has 0 aliphatic heterocycles. The Hall–Kier alpha value is -0.930. The lowest BCUT2D eigenvalue weighted by Gasteiger charge is -2.23. The van der Waals surface area contributed by atoms with Crippen molar-refractivity contribution >= 4 is 11.6 Å². The van der Waals surface area contributed by atoms with Crippen molar-refractivity contribution in [1.82, 2.24) is 5.32 Å². The summed E-state index contributed by atoms with van der Waals surface area (Å²) in [6.07, 6.45) is 6.65. The summed E-state index contributed by atoms with van der Waals surface area (Å²) in [5.41, 5.74) is 1.13. The molecule has 118 valence electrons. The predicted octanol–water partition coefficient (Wildman–Crippen LogP) is 4.42. The van der Waals surface area contributed by atoms with Crippen molar-refractivity contribution in [3.8, 4) is 11.5 Å². The monoisotopic (exact) mass is 311 g/mol. The molecule has 3 nitrogen and oxygen atoms in total. The van der Waals surface area contributed by atoms with Crippen LogP contribution >= 0.6 is 11.6 Å². The van der Waals surface area contributed by atoms with E-state index in [9.17, 15) is 0 Å².